The second-order valence-corrected chi connectivity index (χ2v) is 5.44. The van der Waals surface area contributed by atoms with Crippen molar-refractivity contribution in [2.24, 2.45) is 0 Å². The highest BCUT2D eigenvalue weighted by Gasteiger charge is 2.33. The first-order valence-electron chi connectivity index (χ1n) is 6.93. The fourth-order valence-electron chi connectivity index (χ4n) is 2.11. The van der Waals surface area contributed by atoms with Gasteiger partial charge in [0, 0.05) is 25.2 Å². The third-order valence-corrected chi connectivity index (χ3v) is 3.45. The number of aliphatic carboxylic acids is 1. The van der Waals surface area contributed by atoms with Crippen molar-refractivity contribution in [1.29, 1.82) is 0 Å². The molecule has 21 heavy (non-hydrogen) atoms. The number of hydrogen-bond donors (Lipinski definition) is 3. The van der Waals surface area contributed by atoms with Crippen molar-refractivity contribution in [3.8, 4) is 0 Å². The summed E-state index contributed by atoms with van der Waals surface area (Å²) in [5.74, 6) is -1.09. The SMILES string of the molecule is CC1(OCC(=O)Nc2ccccc2CCC(=O)O)CNC1. The summed E-state index contributed by atoms with van der Waals surface area (Å²) < 4.78 is 5.57. The summed E-state index contributed by atoms with van der Waals surface area (Å²) in [6.45, 7) is 3.44. The van der Waals surface area contributed by atoms with Gasteiger partial charge < -0.3 is 20.5 Å². The Morgan fingerprint density at radius 3 is 2.71 bits per heavy atom. The van der Waals surface area contributed by atoms with Crippen LogP contribution in [0.25, 0.3) is 0 Å². The molecular weight excluding hydrogens is 272 g/mol. The zero-order valence-corrected chi connectivity index (χ0v) is 12.0. The molecule has 114 valence electrons. The van der Waals surface area contributed by atoms with Crippen molar-refractivity contribution in [1.82, 2.24) is 5.32 Å². The van der Waals surface area contributed by atoms with E-state index in [4.69, 9.17) is 9.84 Å². The lowest BCUT2D eigenvalue weighted by Crippen LogP contribution is -2.59. The van der Waals surface area contributed by atoms with E-state index < -0.39 is 5.97 Å². The van der Waals surface area contributed by atoms with Crippen molar-refractivity contribution in [3.05, 3.63) is 29.8 Å². The highest BCUT2D eigenvalue weighted by Crippen LogP contribution is 2.18. The molecule has 0 bridgehead atoms. The number of para-hydroxylation sites is 1. The zero-order valence-electron chi connectivity index (χ0n) is 12.0. The van der Waals surface area contributed by atoms with E-state index in [0.29, 0.717) is 12.1 Å². The average Bonchev–Trinajstić information content (AvgIpc) is 2.42. The summed E-state index contributed by atoms with van der Waals surface area (Å²) in [6, 6.07) is 7.21. The van der Waals surface area contributed by atoms with Crippen molar-refractivity contribution < 1.29 is 19.4 Å². The fourth-order valence-corrected chi connectivity index (χ4v) is 2.11. The van der Waals surface area contributed by atoms with Gasteiger partial charge in [0.1, 0.15) is 6.61 Å². The summed E-state index contributed by atoms with van der Waals surface area (Å²) in [5.41, 5.74) is 1.19. The number of amides is 1. The third kappa shape index (κ3) is 4.54. The topological polar surface area (TPSA) is 87.7 Å². The van der Waals surface area contributed by atoms with E-state index in [0.717, 1.165) is 18.7 Å². The molecule has 1 aliphatic heterocycles. The molecule has 0 atom stereocenters. The number of hydrogen-bond acceptors (Lipinski definition) is 4. The molecule has 3 N–H and O–H groups in total. The monoisotopic (exact) mass is 292 g/mol. The van der Waals surface area contributed by atoms with Gasteiger partial charge in [0.15, 0.2) is 0 Å². The number of anilines is 1. The number of aryl methyl sites for hydroxylation is 1. The molecule has 1 saturated heterocycles. The lowest BCUT2D eigenvalue weighted by atomic mass is 10.0. The lowest BCUT2D eigenvalue weighted by molar-refractivity contribution is -0.137. The second kappa shape index (κ2) is 6.69. The molecule has 1 aliphatic rings. The minimum absolute atomic E-state index is 0.00849. The van der Waals surface area contributed by atoms with Crippen LogP contribution in [0.4, 0.5) is 5.69 Å². The van der Waals surface area contributed by atoms with Gasteiger partial charge in [-0.15, -0.1) is 0 Å². The normalized spacial score (nSPS) is 16.0. The highest BCUT2D eigenvalue weighted by atomic mass is 16.5. The van der Waals surface area contributed by atoms with Crippen LogP contribution in [0.5, 0.6) is 0 Å². The standard InChI is InChI=1S/C15H20N2O4/c1-15(9-16-10-15)21-8-13(18)17-12-5-3-2-4-11(12)6-7-14(19)20/h2-5,16H,6-10H2,1H3,(H,17,18)(H,19,20). The third-order valence-electron chi connectivity index (χ3n) is 3.45. The van der Waals surface area contributed by atoms with Crippen LogP contribution in [-0.4, -0.2) is 42.3 Å². The molecule has 1 amide bonds. The minimum Gasteiger partial charge on any atom is -0.481 e. The molecule has 0 aromatic heterocycles. The van der Waals surface area contributed by atoms with E-state index in [2.05, 4.69) is 10.6 Å². The average molecular weight is 292 g/mol. The van der Waals surface area contributed by atoms with Gasteiger partial charge in [-0.2, -0.15) is 0 Å². The summed E-state index contributed by atoms with van der Waals surface area (Å²) in [7, 11) is 0. The number of ether oxygens (including phenoxy) is 1. The summed E-state index contributed by atoms with van der Waals surface area (Å²) in [5, 5.41) is 14.6. The Labute approximate surface area is 123 Å². The lowest BCUT2D eigenvalue weighted by Gasteiger charge is -2.38. The zero-order chi connectivity index (χ0) is 15.3. The van der Waals surface area contributed by atoms with Crippen LogP contribution in [0.1, 0.15) is 18.9 Å². The maximum absolute atomic E-state index is 11.9. The molecule has 0 saturated carbocycles. The molecule has 0 aliphatic carbocycles. The van der Waals surface area contributed by atoms with Crippen LogP contribution < -0.4 is 10.6 Å². The van der Waals surface area contributed by atoms with Crippen LogP contribution in [0.3, 0.4) is 0 Å². The highest BCUT2D eigenvalue weighted by molar-refractivity contribution is 5.92. The molecule has 1 aromatic carbocycles. The van der Waals surface area contributed by atoms with Gasteiger partial charge in [-0.05, 0) is 25.0 Å². The van der Waals surface area contributed by atoms with Gasteiger partial charge >= 0.3 is 5.97 Å². The Morgan fingerprint density at radius 1 is 1.38 bits per heavy atom. The fraction of sp³-hybridized carbons (Fsp3) is 0.467. The molecule has 1 fully saturated rings. The predicted molar refractivity (Wildman–Crippen MR) is 78.3 cm³/mol. The van der Waals surface area contributed by atoms with Crippen LogP contribution >= 0.6 is 0 Å². The Bertz CT molecular complexity index is 526. The Hall–Kier alpha value is -1.92. The number of benzene rings is 1. The molecule has 1 aromatic rings. The molecule has 6 nitrogen and oxygen atoms in total. The summed E-state index contributed by atoms with van der Waals surface area (Å²) in [4.78, 5) is 22.6. The van der Waals surface area contributed by atoms with Gasteiger partial charge in [0.2, 0.25) is 5.91 Å². The summed E-state index contributed by atoms with van der Waals surface area (Å²) >= 11 is 0. The molecule has 6 heteroatoms. The van der Waals surface area contributed by atoms with Gasteiger partial charge in [-0.1, -0.05) is 18.2 Å². The second-order valence-electron chi connectivity index (χ2n) is 5.44. The first kappa shape index (κ1) is 15.5. The number of carboxylic acids is 1. The molecule has 0 radical (unpaired) electrons. The number of carbonyl (C=O) groups excluding carboxylic acids is 1. The molecule has 2 rings (SSSR count). The molecule has 1 heterocycles. The van der Waals surface area contributed by atoms with E-state index in [-0.39, 0.29) is 24.5 Å². The van der Waals surface area contributed by atoms with E-state index in [1.807, 2.05) is 19.1 Å². The van der Waals surface area contributed by atoms with Gasteiger partial charge in [0.25, 0.3) is 0 Å². The van der Waals surface area contributed by atoms with Crippen molar-refractivity contribution in [3.63, 3.8) is 0 Å². The Kier molecular flexibility index (Phi) is 4.93. The van der Waals surface area contributed by atoms with E-state index in [1.165, 1.54) is 0 Å². The molecule has 0 unspecified atom stereocenters. The van der Waals surface area contributed by atoms with Crippen molar-refractivity contribution in [2.45, 2.75) is 25.4 Å². The number of nitrogens with one attached hydrogen (secondary N) is 2. The molecular formula is C15H20N2O4. The van der Waals surface area contributed by atoms with Crippen LogP contribution in [0, 0.1) is 0 Å². The maximum Gasteiger partial charge on any atom is 0.303 e. The minimum atomic E-state index is -0.857. The Balaban J connectivity index is 1.89. The summed E-state index contributed by atoms with van der Waals surface area (Å²) in [6.07, 6.45) is 0.418. The predicted octanol–water partition coefficient (Wildman–Crippen LogP) is 1.02. The largest absolute Gasteiger partial charge is 0.481 e. The van der Waals surface area contributed by atoms with Crippen molar-refractivity contribution >= 4 is 17.6 Å². The van der Waals surface area contributed by atoms with Gasteiger partial charge in [-0.3, -0.25) is 9.59 Å². The quantitative estimate of drug-likeness (QED) is 0.698. The van der Waals surface area contributed by atoms with E-state index >= 15 is 0 Å². The number of carbonyl (C=O) groups is 2. The van der Waals surface area contributed by atoms with Gasteiger partial charge in [-0.25, -0.2) is 0 Å². The number of rotatable bonds is 7. The van der Waals surface area contributed by atoms with Gasteiger partial charge in [0.05, 0.1) is 5.60 Å². The van der Waals surface area contributed by atoms with Crippen LogP contribution in [0.2, 0.25) is 0 Å². The first-order chi connectivity index (χ1) is 9.98. The van der Waals surface area contributed by atoms with Crippen LogP contribution in [0.15, 0.2) is 24.3 Å². The first-order valence-corrected chi connectivity index (χ1v) is 6.93. The van der Waals surface area contributed by atoms with E-state index in [9.17, 15) is 9.59 Å². The van der Waals surface area contributed by atoms with Crippen molar-refractivity contribution in [2.75, 3.05) is 25.0 Å². The smallest absolute Gasteiger partial charge is 0.303 e. The maximum atomic E-state index is 11.9. The molecule has 0 spiro atoms. The number of carboxylic acid groups (broad SMARTS) is 1. The Morgan fingerprint density at radius 2 is 2.10 bits per heavy atom. The van der Waals surface area contributed by atoms with E-state index in [1.54, 1.807) is 12.1 Å². The van der Waals surface area contributed by atoms with Crippen LogP contribution in [-0.2, 0) is 20.7 Å².